The van der Waals surface area contributed by atoms with Crippen LogP contribution in [0, 0.1) is 0 Å². The molecule has 6 nitrogen and oxygen atoms in total. The van der Waals surface area contributed by atoms with Crippen molar-refractivity contribution in [2.24, 2.45) is 0 Å². The minimum absolute atomic E-state index is 0.0263. The number of benzene rings is 1. The summed E-state index contributed by atoms with van der Waals surface area (Å²) in [4.78, 5) is 27.9. The molecule has 2 heterocycles. The summed E-state index contributed by atoms with van der Waals surface area (Å²) in [7, 11) is 3.90. The van der Waals surface area contributed by atoms with Crippen molar-refractivity contribution in [3.05, 3.63) is 53.5 Å². The van der Waals surface area contributed by atoms with Crippen LogP contribution in [0.5, 0.6) is 0 Å². The van der Waals surface area contributed by atoms with Gasteiger partial charge in [-0.3, -0.25) is 14.5 Å². The number of amides is 2. The summed E-state index contributed by atoms with van der Waals surface area (Å²) in [6, 6.07) is 9.23. The van der Waals surface area contributed by atoms with Crippen LogP contribution in [0.3, 0.4) is 0 Å². The van der Waals surface area contributed by atoms with Crippen LogP contribution in [-0.2, 0) is 11.2 Å². The van der Waals surface area contributed by atoms with Gasteiger partial charge in [0.2, 0.25) is 5.91 Å². The summed E-state index contributed by atoms with van der Waals surface area (Å²) in [6.07, 6.45) is 2.41. The molecule has 0 radical (unpaired) electrons. The second-order valence-electron chi connectivity index (χ2n) is 6.47. The highest BCUT2D eigenvalue weighted by Gasteiger charge is 2.23. The quantitative estimate of drug-likeness (QED) is 0.906. The smallest absolute Gasteiger partial charge is 0.251 e. The first kappa shape index (κ1) is 17.2. The van der Waals surface area contributed by atoms with E-state index in [0.29, 0.717) is 18.7 Å². The molecular formula is C19H23N3O3. The summed E-state index contributed by atoms with van der Waals surface area (Å²) in [6.45, 7) is 2.69. The lowest BCUT2D eigenvalue weighted by Crippen LogP contribution is -2.34. The van der Waals surface area contributed by atoms with Crippen molar-refractivity contribution in [3.63, 3.8) is 0 Å². The van der Waals surface area contributed by atoms with Crippen molar-refractivity contribution in [2.75, 3.05) is 32.1 Å². The summed E-state index contributed by atoms with van der Waals surface area (Å²) in [5, 5.41) is 2.97. The average molecular weight is 341 g/mol. The third-order valence-corrected chi connectivity index (χ3v) is 4.57. The van der Waals surface area contributed by atoms with Crippen molar-refractivity contribution in [3.8, 4) is 0 Å². The Balaban J connectivity index is 1.69. The van der Waals surface area contributed by atoms with Gasteiger partial charge >= 0.3 is 0 Å². The largest absolute Gasteiger partial charge is 0.468 e. The Hall–Kier alpha value is -2.60. The number of likely N-dealkylation sites (N-methyl/N-ethyl adjacent to an activating group) is 1. The zero-order chi connectivity index (χ0) is 18.0. The summed E-state index contributed by atoms with van der Waals surface area (Å²) in [5.74, 6) is 0.724. The number of rotatable bonds is 5. The lowest BCUT2D eigenvalue weighted by molar-refractivity contribution is -0.116. The molecule has 1 aliphatic rings. The van der Waals surface area contributed by atoms with Crippen molar-refractivity contribution < 1.29 is 14.0 Å². The van der Waals surface area contributed by atoms with Crippen LogP contribution in [0.4, 0.5) is 5.69 Å². The highest BCUT2D eigenvalue weighted by atomic mass is 16.3. The highest BCUT2D eigenvalue weighted by Crippen LogP contribution is 2.29. The number of nitrogens with zero attached hydrogens (tertiary/aromatic N) is 2. The van der Waals surface area contributed by atoms with Crippen LogP contribution in [0.1, 0.15) is 34.6 Å². The molecule has 1 atom stereocenters. The van der Waals surface area contributed by atoms with Gasteiger partial charge in [0.05, 0.1) is 12.3 Å². The van der Waals surface area contributed by atoms with Crippen LogP contribution >= 0.6 is 0 Å². The molecule has 132 valence electrons. The van der Waals surface area contributed by atoms with Crippen LogP contribution in [-0.4, -0.2) is 43.9 Å². The number of nitrogens with one attached hydrogen (secondary N) is 1. The van der Waals surface area contributed by atoms with Crippen LogP contribution in [0.25, 0.3) is 0 Å². The zero-order valence-corrected chi connectivity index (χ0v) is 14.8. The molecule has 1 aliphatic heterocycles. The molecule has 2 amide bonds. The van der Waals surface area contributed by atoms with Crippen LogP contribution < -0.4 is 10.2 Å². The Morgan fingerprint density at radius 2 is 2.12 bits per heavy atom. The molecule has 0 saturated heterocycles. The van der Waals surface area contributed by atoms with Gasteiger partial charge in [-0.25, -0.2) is 0 Å². The van der Waals surface area contributed by atoms with Gasteiger partial charge < -0.3 is 14.6 Å². The van der Waals surface area contributed by atoms with Gasteiger partial charge in [-0.15, -0.1) is 0 Å². The van der Waals surface area contributed by atoms with Crippen molar-refractivity contribution >= 4 is 17.5 Å². The fraction of sp³-hybridized carbons (Fsp3) is 0.368. The number of fused-ring (bicyclic) bond motifs is 1. The molecule has 0 saturated carbocycles. The standard InChI is InChI=1S/C19H23N3O3/c1-13(23)22-9-8-14-11-15(6-7-16(14)22)19(24)20-12-17(21(2)3)18-5-4-10-25-18/h4-7,10-11,17H,8-9,12H2,1-3H3,(H,20,24)/t17-/m1/s1. The van der Waals surface area contributed by atoms with E-state index in [1.807, 2.05) is 43.3 Å². The van der Waals surface area contributed by atoms with E-state index in [0.717, 1.165) is 23.4 Å². The number of carbonyl (C=O) groups excluding carboxylic acids is 2. The van der Waals surface area contributed by atoms with Gasteiger partial charge in [0, 0.05) is 31.3 Å². The van der Waals surface area contributed by atoms with E-state index in [4.69, 9.17) is 4.42 Å². The van der Waals surface area contributed by atoms with Crippen molar-refractivity contribution in [2.45, 2.75) is 19.4 Å². The van der Waals surface area contributed by atoms with E-state index in [1.165, 1.54) is 0 Å². The number of carbonyl (C=O) groups is 2. The minimum atomic E-state index is -0.123. The van der Waals surface area contributed by atoms with Crippen molar-refractivity contribution in [1.29, 1.82) is 0 Å². The highest BCUT2D eigenvalue weighted by molar-refractivity contribution is 5.97. The van der Waals surface area contributed by atoms with E-state index in [-0.39, 0.29) is 17.9 Å². The predicted octanol–water partition coefficient (Wildman–Crippen LogP) is 2.22. The molecule has 0 aliphatic carbocycles. The number of furan rings is 1. The molecule has 6 heteroatoms. The second kappa shape index (κ2) is 7.11. The Labute approximate surface area is 147 Å². The molecule has 0 fully saturated rings. The fourth-order valence-corrected chi connectivity index (χ4v) is 3.18. The van der Waals surface area contributed by atoms with Gasteiger partial charge in [-0.2, -0.15) is 0 Å². The van der Waals surface area contributed by atoms with E-state index < -0.39 is 0 Å². The van der Waals surface area contributed by atoms with Gasteiger partial charge in [0.1, 0.15) is 5.76 Å². The minimum Gasteiger partial charge on any atom is -0.468 e. The summed E-state index contributed by atoms with van der Waals surface area (Å²) >= 11 is 0. The Morgan fingerprint density at radius 3 is 2.76 bits per heavy atom. The van der Waals surface area contributed by atoms with Crippen LogP contribution in [0.2, 0.25) is 0 Å². The van der Waals surface area contributed by atoms with Gasteiger partial charge in [-0.1, -0.05) is 0 Å². The van der Waals surface area contributed by atoms with E-state index in [1.54, 1.807) is 24.2 Å². The number of hydrogen-bond donors (Lipinski definition) is 1. The predicted molar refractivity (Wildman–Crippen MR) is 95.6 cm³/mol. The van der Waals surface area contributed by atoms with Crippen molar-refractivity contribution in [1.82, 2.24) is 10.2 Å². The summed E-state index contributed by atoms with van der Waals surface area (Å²) in [5.41, 5.74) is 2.56. The van der Waals surface area contributed by atoms with Crippen LogP contribution in [0.15, 0.2) is 41.0 Å². The second-order valence-corrected chi connectivity index (χ2v) is 6.47. The molecule has 1 aromatic carbocycles. The molecule has 3 rings (SSSR count). The van der Waals surface area contributed by atoms with E-state index in [9.17, 15) is 9.59 Å². The number of anilines is 1. The molecule has 0 spiro atoms. The molecule has 1 N–H and O–H groups in total. The molecule has 0 unspecified atom stereocenters. The average Bonchev–Trinajstić information content (AvgIpc) is 3.23. The lowest BCUT2D eigenvalue weighted by Gasteiger charge is -2.22. The first-order valence-corrected chi connectivity index (χ1v) is 8.36. The van der Waals surface area contributed by atoms with E-state index in [2.05, 4.69) is 5.32 Å². The third kappa shape index (κ3) is 3.58. The monoisotopic (exact) mass is 341 g/mol. The Bertz CT molecular complexity index is 768. The fourth-order valence-electron chi connectivity index (χ4n) is 3.18. The first-order valence-electron chi connectivity index (χ1n) is 8.36. The molecule has 2 aromatic rings. The van der Waals surface area contributed by atoms with Gasteiger partial charge in [0.15, 0.2) is 0 Å². The SMILES string of the molecule is CC(=O)N1CCc2cc(C(=O)NC[C@H](c3ccco3)N(C)C)ccc21. The Kier molecular flexibility index (Phi) is 4.90. The summed E-state index contributed by atoms with van der Waals surface area (Å²) < 4.78 is 5.46. The maximum Gasteiger partial charge on any atom is 0.251 e. The lowest BCUT2D eigenvalue weighted by atomic mass is 10.1. The number of hydrogen-bond acceptors (Lipinski definition) is 4. The maximum atomic E-state index is 12.5. The Morgan fingerprint density at radius 1 is 1.32 bits per heavy atom. The topological polar surface area (TPSA) is 65.8 Å². The maximum absolute atomic E-state index is 12.5. The van der Waals surface area contributed by atoms with E-state index >= 15 is 0 Å². The zero-order valence-electron chi connectivity index (χ0n) is 14.8. The normalized spacial score (nSPS) is 14.5. The molecule has 25 heavy (non-hydrogen) atoms. The molecule has 0 bridgehead atoms. The van der Waals surface area contributed by atoms with Gasteiger partial charge in [0.25, 0.3) is 5.91 Å². The third-order valence-electron chi connectivity index (χ3n) is 4.57. The molecular weight excluding hydrogens is 318 g/mol. The first-order chi connectivity index (χ1) is 12.0. The van der Waals surface area contributed by atoms with Gasteiger partial charge in [-0.05, 0) is 56.4 Å². The molecule has 1 aromatic heterocycles.